The molecule has 7 nitrogen and oxygen atoms in total. The number of hydrogen-bond acceptors (Lipinski definition) is 4. The van der Waals surface area contributed by atoms with E-state index in [0.29, 0.717) is 32.2 Å². The van der Waals surface area contributed by atoms with Crippen LogP contribution in [0.4, 0.5) is 9.59 Å². The Morgan fingerprint density at radius 3 is 2.05 bits per heavy atom. The van der Waals surface area contributed by atoms with Crippen LogP contribution in [0.5, 0.6) is 0 Å². The van der Waals surface area contributed by atoms with E-state index in [4.69, 9.17) is 9.84 Å². The van der Waals surface area contributed by atoms with Gasteiger partial charge >= 0.3 is 12.2 Å². The summed E-state index contributed by atoms with van der Waals surface area (Å²) in [6.45, 7) is 9.45. The average Bonchev–Trinajstić information content (AvgIpc) is 2.25. The smallest absolute Gasteiger partial charge is 0.410 e. The Bertz CT molecular complexity index is 380. The summed E-state index contributed by atoms with van der Waals surface area (Å²) in [7, 11) is 0. The van der Waals surface area contributed by atoms with Gasteiger partial charge in [0.25, 0.3) is 0 Å². The molecule has 2 rings (SSSR count). The minimum Gasteiger partial charge on any atom is -0.465 e. The number of rotatable bonds is 1. The number of nitrogens with zero attached hydrogens (tertiary/aromatic N) is 3. The fourth-order valence-corrected chi connectivity index (χ4v) is 2.44. The molecule has 0 atom stereocenters. The lowest BCUT2D eigenvalue weighted by atomic mass is 10.1. The first-order valence-electron chi connectivity index (χ1n) is 6.96. The van der Waals surface area contributed by atoms with Crippen molar-refractivity contribution in [3.05, 3.63) is 0 Å². The monoisotopic (exact) mass is 285 g/mol. The second kappa shape index (κ2) is 5.47. The third-order valence-corrected chi connectivity index (χ3v) is 3.62. The van der Waals surface area contributed by atoms with Gasteiger partial charge in [-0.3, -0.25) is 4.90 Å². The highest BCUT2D eigenvalue weighted by Crippen LogP contribution is 2.20. The molecule has 0 saturated carbocycles. The molecule has 2 aliphatic rings. The van der Waals surface area contributed by atoms with Crippen molar-refractivity contribution in [1.29, 1.82) is 0 Å². The number of likely N-dealkylation sites (tertiary alicyclic amines) is 1. The predicted octanol–water partition coefficient (Wildman–Crippen LogP) is 0.901. The van der Waals surface area contributed by atoms with Gasteiger partial charge in [-0.05, 0) is 20.8 Å². The maximum Gasteiger partial charge on any atom is 0.410 e. The summed E-state index contributed by atoms with van der Waals surface area (Å²) in [6.07, 6.45) is -1.12. The molecule has 0 unspecified atom stereocenters. The van der Waals surface area contributed by atoms with Crippen LogP contribution in [0.15, 0.2) is 0 Å². The Morgan fingerprint density at radius 1 is 1.05 bits per heavy atom. The molecule has 2 aliphatic heterocycles. The lowest BCUT2D eigenvalue weighted by Crippen LogP contribution is -2.64. The fraction of sp³-hybridized carbons (Fsp3) is 0.846. The molecular weight excluding hydrogens is 262 g/mol. The highest BCUT2D eigenvalue weighted by Gasteiger charge is 2.38. The number of carboxylic acid groups (broad SMARTS) is 1. The van der Waals surface area contributed by atoms with Crippen LogP contribution in [0.1, 0.15) is 20.8 Å². The zero-order valence-corrected chi connectivity index (χ0v) is 12.3. The lowest BCUT2D eigenvalue weighted by molar-refractivity contribution is -0.0232. The van der Waals surface area contributed by atoms with Gasteiger partial charge in [-0.25, -0.2) is 9.59 Å². The van der Waals surface area contributed by atoms with Crippen molar-refractivity contribution in [2.75, 3.05) is 39.3 Å². The number of amides is 2. The van der Waals surface area contributed by atoms with Crippen LogP contribution in [-0.4, -0.2) is 82.9 Å². The van der Waals surface area contributed by atoms with Crippen molar-refractivity contribution < 1.29 is 19.4 Å². The second-order valence-corrected chi connectivity index (χ2v) is 6.34. The first kappa shape index (κ1) is 14.9. The van der Waals surface area contributed by atoms with Crippen molar-refractivity contribution in [1.82, 2.24) is 14.7 Å². The zero-order valence-electron chi connectivity index (χ0n) is 12.3. The SMILES string of the molecule is CC(C)(C)OC(=O)N1CC(N2CCN(C(=O)O)CC2)C1. The van der Waals surface area contributed by atoms with E-state index in [1.165, 1.54) is 4.90 Å². The maximum atomic E-state index is 11.8. The molecule has 2 fully saturated rings. The van der Waals surface area contributed by atoms with Crippen LogP contribution in [-0.2, 0) is 4.74 Å². The third kappa shape index (κ3) is 3.53. The quantitative estimate of drug-likeness (QED) is 0.775. The Kier molecular flexibility index (Phi) is 4.08. The van der Waals surface area contributed by atoms with Gasteiger partial charge in [-0.15, -0.1) is 0 Å². The van der Waals surface area contributed by atoms with Gasteiger partial charge < -0.3 is 19.6 Å². The Balaban J connectivity index is 1.72. The molecule has 0 spiro atoms. The second-order valence-electron chi connectivity index (χ2n) is 6.34. The molecule has 20 heavy (non-hydrogen) atoms. The van der Waals surface area contributed by atoms with Gasteiger partial charge in [0.15, 0.2) is 0 Å². The molecule has 0 radical (unpaired) electrons. The molecule has 0 aromatic rings. The van der Waals surface area contributed by atoms with Crippen molar-refractivity contribution >= 4 is 12.2 Å². The topological polar surface area (TPSA) is 73.3 Å². The highest BCUT2D eigenvalue weighted by molar-refractivity contribution is 5.69. The minimum absolute atomic E-state index is 0.266. The van der Waals surface area contributed by atoms with Crippen LogP contribution < -0.4 is 0 Å². The molecular formula is C13H23N3O4. The molecule has 2 amide bonds. The Morgan fingerprint density at radius 2 is 1.60 bits per heavy atom. The summed E-state index contributed by atoms with van der Waals surface area (Å²) >= 11 is 0. The number of carbonyl (C=O) groups is 2. The van der Waals surface area contributed by atoms with Crippen molar-refractivity contribution in [3.8, 4) is 0 Å². The Labute approximate surface area is 119 Å². The normalized spacial score (nSPS) is 21.6. The fourth-order valence-electron chi connectivity index (χ4n) is 2.44. The molecule has 0 aliphatic carbocycles. The van der Waals surface area contributed by atoms with E-state index >= 15 is 0 Å². The van der Waals surface area contributed by atoms with Gasteiger partial charge in [0.2, 0.25) is 0 Å². The minimum atomic E-state index is -0.853. The molecule has 0 aromatic carbocycles. The number of ether oxygens (including phenoxy) is 1. The van der Waals surface area contributed by atoms with Gasteiger partial charge in [0.05, 0.1) is 0 Å². The number of carbonyl (C=O) groups excluding carboxylic acids is 1. The predicted molar refractivity (Wildman–Crippen MR) is 72.8 cm³/mol. The summed E-state index contributed by atoms with van der Waals surface area (Å²) in [5.74, 6) is 0. The molecule has 0 aromatic heterocycles. The molecule has 7 heteroatoms. The van der Waals surface area contributed by atoms with E-state index in [0.717, 1.165) is 13.1 Å². The van der Waals surface area contributed by atoms with Gasteiger partial charge in [0, 0.05) is 45.3 Å². The first-order valence-corrected chi connectivity index (χ1v) is 6.96. The van der Waals surface area contributed by atoms with Crippen LogP contribution >= 0.6 is 0 Å². The maximum absolute atomic E-state index is 11.8. The number of piperazine rings is 1. The van der Waals surface area contributed by atoms with Crippen LogP contribution in [0.2, 0.25) is 0 Å². The number of hydrogen-bond donors (Lipinski definition) is 1. The standard InChI is InChI=1S/C13H23N3O4/c1-13(2,3)20-12(19)16-8-10(9-16)14-4-6-15(7-5-14)11(17)18/h10H,4-9H2,1-3H3,(H,17,18). The zero-order chi connectivity index (χ0) is 14.9. The van der Waals surface area contributed by atoms with Crippen molar-refractivity contribution in [3.63, 3.8) is 0 Å². The van der Waals surface area contributed by atoms with Gasteiger partial charge in [-0.2, -0.15) is 0 Å². The van der Waals surface area contributed by atoms with Crippen molar-refractivity contribution in [2.24, 2.45) is 0 Å². The third-order valence-electron chi connectivity index (χ3n) is 3.62. The van der Waals surface area contributed by atoms with E-state index in [-0.39, 0.29) is 6.09 Å². The lowest BCUT2D eigenvalue weighted by Gasteiger charge is -2.47. The first-order chi connectivity index (χ1) is 9.26. The summed E-state index contributed by atoms with van der Waals surface area (Å²) < 4.78 is 5.31. The van der Waals surface area contributed by atoms with Crippen LogP contribution in [0, 0.1) is 0 Å². The highest BCUT2D eigenvalue weighted by atomic mass is 16.6. The van der Waals surface area contributed by atoms with E-state index < -0.39 is 11.7 Å². The average molecular weight is 285 g/mol. The largest absolute Gasteiger partial charge is 0.465 e. The van der Waals surface area contributed by atoms with Crippen molar-refractivity contribution in [2.45, 2.75) is 32.4 Å². The molecule has 114 valence electrons. The van der Waals surface area contributed by atoms with E-state index in [1.54, 1.807) is 4.90 Å². The molecule has 2 heterocycles. The molecule has 1 N–H and O–H groups in total. The van der Waals surface area contributed by atoms with E-state index in [1.807, 2.05) is 20.8 Å². The molecule has 0 bridgehead atoms. The molecule has 2 saturated heterocycles. The van der Waals surface area contributed by atoms with E-state index in [2.05, 4.69) is 4.90 Å². The van der Waals surface area contributed by atoms with Crippen LogP contribution in [0.3, 0.4) is 0 Å². The summed E-state index contributed by atoms with van der Waals surface area (Å²) in [5.41, 5.74) is -0.463. The van der Waals surface area contributed by atoms with Gasteiger partial charge in [0.1, 0.15) is 5.60 Å². The van der Waals surface area contributed by atoms with E-state index in [9.17, 15) is 9.59 Å². The summed E-state index contributed by atoms with van der Waals surface area (Å²) in [6, 6.07) is 0.332. The summed E-state index contributed by atoms with van der Waals surface area (Å²) in [5, 5.41) is 8.90. The Hall–Kier alpha value is -1.50. The summed E-state index contributed by atoms with van der Waals surface area (Å²) in [4.78, 5) is 28.0. The van der Waals surface area contributed by atoms with Crippen LogP contribution in [0.25, 0.3) is 0 Å². The van der Waals surface area contributed by atoms with Gasteiger partial charge in [-0.1, -0.05) is 0 Å².